The van der Waals surface area contributed by atoms with Crippen LogP contribution in [0.15, 0.2) is 121 Å². The third kappa shape index (κ3) is 8.52. The molecule has 0 nitrogen and oxygen atoms in total. The van der Waals surface area contributed by atoms with Crippen molar-refractivity contribution in [3.05, 3.63) is 139 Å². The molecule has 0 saturated heterocycles. The molecule has 0 radical (unpaired) electrons. The summed E-state index contributed by atoms with van der Waals surface area (Å²) in [5.41, 5.74) is 10.4. The normalized spacial score (nSPS) is 12.7. The maximum atomic E-state index is 3.52. The van der Waals surface area contributed by atoms with Gasteiger partial charge in [-0.05, 0) is 17.5 Å². The molecule has 196 valence electrons. The first-order valence-electron chi connectivity index (χ1n) is 13.3. The second kappa shape index (κ2) is 16.0. The Morgan fingerprint density at radius 1 is 0.590 bits per heavy atom. The van der Waals surface area contributed by atoms with Crippen LogP contribution in [0.1, 0.15) is 43.2 Å². The number of hydrogen-bond donors (Lipinski definition) is 0. The van der Waals surface area contributed by atoms with Crippen LogP contribution in [-0.2, 0) is 30.7 Å². The molecule has 3 heteroatoms. The molecule has 0 aliphatic heterocycles. The fourth-order valence-electron chi connectivity index (χ4n) is 4.99. The third-order valence-electron chi connectivity index (χ3n) is 7.02. The molecule has 0 aromatic heterocycles. The Bertz CT molecular complexity index is 1310. The van der Waals surface area contributed by atoms with Gasteiger partial charge in [0.05, 0.1) is 0 Å². The van der Waals surface area contributed by atoms with Crippen molar-refractivity contribution in [3.63, 3.8) is 0 Å². The van der Waals surface area contributed by atoms with Gasteiger partial charge in [0.2, 0.25) is 0 Å². The molecular formula is C36H32Cl2Zr-2. The zero-order chi connectivity index (χ0) is 25.3. The molecule has 0 amide bonds. The third-order valence-corrected chi connectivity index (χ3v) is 8.25. The van der Waals surface area contributed by atoms with Crippen LogP contribution in [0.2, 0.25) is 0 Å². The van der Waals surface area contributed by atoms with Crippen LogP contribution in [0.3, 0.4) is 0 Å². The van der Waals surface area contributed by atoms with E-state index in [-0.39, 0.29) is 24.8 Å². The molecule has 0 heterocycles. The topological polar surface area (TPSA) is 0 Å². The van der Waals surface area contributed by atoms with Gasteiger partial charge in [-0.15, -0.1) is 11.1 Å². The molecule has 2 aliphatic carbocycles. The average Bonchev–Trinajstić information content (AvgIpc) is 3.66. The van der Waals surface area contributed by atoms with Gasteiger partial charge in [0, 0.05) is 0 Å². The van der Waals surface area contributed by atoms with Crippen molar-refractivity contribution in [2.45, 2.75) is 38.5 Å². The summed E-state index contributed by atoms with van der Waals surface area (Å²) in [5.74, 6) is 0. The van der Waals surface area contributed by atoms with Crippen LogP contribution in [0, 0.1) is 6.07 Å². The minimum absolute atomic E-state index is 0. The zero-order valence-electron chi connectivity index (χ0n) is 22.0. The molecule has 0 N–H and O–H groups in total. The monoisotopic (exact) mass is 624 g/mol. The van der Waals surface area contributed by atoms with Crippen molar-refractivity contribution in [1.82, 2.24) is 0 Å². The van der Waals surface area contributed by atoms with Crippen molar-refractivity contribution in [2.24, 2.45) is 0 Å². The SMILES string of the molecule is [Cl-].[Cl-].[Zr+2]=[C]1CCCCC1.[c-]1cc(-c2ccccc2)cc2c1Cc1ccc(-c3ccccc3)cc1-2.c1cc[cH-]c1. The molecule has 0 bridgehead atoms. The van der Waals surface area contributed by atoms with Crippen LogP contribution >= 0.6 is 0 Å². The van der Waals surface area contributed by atoms with Gasteiger partial charge in [-0.3, -0.25) is 0 Å². The first-order chi connectivity index (χ1) is 18.3. The molecule has 0 unspecified atom stereocenters. The van der Waals surface area contributed by atoms with E-state index in [0.29, 0.717) is 0 Å². The Balaban J connectivity index is 0.000000250. The van der Waals surface area contributed by atoms with E-state index >= 15 is 0 Å². The van der Waals surface area contributed by atoms with Gasteiger partial charge in [-0.2, -0.15) is 42.0 Å². The number of halogens is 2. The summed E-state index contributed by atoms with van der Waals surface area (Å²) < 4.78 is 1.80. The van der Waals surface area contributed by atoms with E-state index in [1.807, 2.05) is 30.3 Å². The Labute approximate surface area is 261 Å². The summed E-state index contributed by atoms with van der Waals surface area (Å²) in [4.78, 5) is 0. The molecule has 39 heavy (non-hydrogen) atoms. The predicted octanol–water partition coefficient (Wildman–Crippen LogP) is 3.48. The van der Waals surface area contributed by atoms with Gasteiger partial charge in [-0.1, -0.05) is 95.6 Å². The summed E-state index contributed by atoms with van der Waals surface area (Å²) in [7, 11) is 0. The Hall–Kier alpha value is -2.44. The van der Waals surface area contributed by atoms with Crippen LogP contribution < -0.4 is 24.8 Å². The Morgan fingerprint density at radius 3 is 1.72 bits per heavy atom. The van der Waals surface area contributed by atoms with E-state index in [0.717, 1.165) is 6.42 Å². The largest absolute Gasteiger partial charge is 0.214 e. The van der Waals surface area contributed by atoms with Gasteiger partial charge in [0.1, 0.15) is 0 Å². The molecule has 0 atom stereocenters. The van der Waals surface area contributed by atoms with Crippen molar-refractivity contribution >= 4 is 3.21 Å². The second-order valence-corrected chi connectivity index (χ2v) is 11.4. The van der Waals surface area contributed by atoms with Crippen LogP contribution in [0.5, 0.6) is 0 Å². The minimum Gasteiger partial charge on any atom is -0.214 e. The summed E-state index contributed by atoms with van der Waals surface area (Å²) in [5, 5.41) is 0. The van der Waals surface area contributed by atoms with Crippen LogP contribution in [-0.4, -0.2) is 3.21 Å². The maximum Gasteiger partial charge on any atom is -0.0184 e. The summed E-state index contributed by atoms with van der Waals surface area (Å²) in [6.07, 6.45) is 8.30. The number of benzene rings is 4. The van der Waals surface area contributed by atoms with Crippen molar-refractivity contribution in [1.29, 1.82) is 0 Å². The standard InChI is InChI=1S/C25H17.C6H10.C5H5.2ClH.Zr/c1-3-7-18(8-4-1)20-11-13-22-15-23-14-12-21(17-25(23)24(22)16-20)19-9-5-2-6-10-19;1-2-4-6-5-3-1;1-2-4-5-3-1;;;/h1-13,16-17H,15H2;1-5H2;1-5H;2*1H;/q-1;;-1;;;+2/p-2. The quantitative estimate of drug-likeness (QED) is 0.259. The molecule has 2 aliphatic rings. The minimum atomic E-state index is 0. The van der Waals surface area contributed by atoms with Gasteiger partial charge in [0.15, 0.2) is 0 Å². The second-order valence-electron chi connectivity index (χ2n) is 9.69. The van der Waals surface area contributed by atoms with Gasteiger partial charge in [0.25, 0.3) is 0 Å². The molecule has 1 fully saturated rings. The molecule has 5 aromatic rings. The van der Waals surface area contributed by atoms with E-state index in [1.165, 1.54) is 76.6 Å². The van der Waals surface area contributed by atoms with Crippen LogP contribution in [0.25, 0.3) is 33.4 Å². The fraction of sp³-hybridized carbons (Fsp3) is 0.167. The number of fused-ring (bicyclic) bond motifs is 3. The van der Waals surface area contributed by atoms with E-state index in [9.17, 15) is 0 Å². The Kier molecular flexibility index (Phi) is 12.7. The first-order valence-corrected chi connectivity index (χ1v) is 14.5. The molecule has 1 saturated carbocycles. The van der Waals surface area contributed by atoms with Crippen molar-refractivity contribution in [3.8, 4) is 33.4 Å². The predicted molar refractivity (Wildman–Crippen MR) is 155 cm³/mol. The summed E-state index contributed by atoms with van der Waals surface area (Å²) in [6.45, 7) is 0. The van der Waals surface area contributed by atoms with Gasteiger partial charge in [-0.25, -0.2) is 12.1 Å². The van der Waals surface area contributed by atoms with E-state index in [2.05, 4.69) is 97.1 Å². The zero-order valence-corrected chi connectivity index (χ0v) is 26.0. The Morgan fingerprint density at radius 2 is 1.18 bits per heavy atom. The summed E-state index contributed by atoms with van der Waals surface area (Å²) in [6, 6.07) is 45.9. The van der Waals surface area contributed by atoms with Crippen LogP contribution in [0.4, 0.5) is 0 Å². The fourth-order valence-corrected chi connectivity index (χ4v) is 5.86. The van der Waals surface area contributed by atoms with E-state index < -0.39 is 0 Å². The van der Waals surface area contributed by atoms with Gasteiger partial charge < -0.3 is 24.8 Å². The number of hydrogen-bond acceptors (Lipinski definition) is 0. The van der Waals surface area contributed by atoms with Crippen molar-refractivity contribution < 1.29 is 49.0 Å². The summed E-state index contributed by atoms with van der Waals surface area (Å²) >= 11 is 1.69. The molecular weight excluding hydrogens is 595 g/mol. The molecule has 0 spiro atoms. The average molecular weight is 627 g/mol. The maximum absolute atomic E-state index is 3.52. The first kappa shape index (κ1) is 31.1. The number of rotatable bonds is 2. The molecule has 7 rings (SSSR count). The van der Waals surface area contributed by atoms with Gasteiger partial charge >= 0.3 is 59.5 Å². The molecule has 5 aromatic carbocycles. The smallest absolute Gasteiger partial charge is 0.0184 e. The van der Waals surface area contributed by atoms with Crippen molar-refractivity contribution in [2.75, 3.05) is 0 Å². The van der Waals surface area contributed by atoms with E-state index in [1.54, 1.807) is 27.4 Å². The van der Waals surface area contributed by atoms with E-state index in [4.69, 9.17) is 0 Å².